The summed E-state index contributed by atoms with van der Waals surface area (Å²) in [5.74, 6) is 0.796. The van der Waals surface area contributed by atoms with E-state index in [0.29, 0.717) is 18.3 Å². The summed E-state index contributed by atoms with van der Waals surface area (Å²) >= 11 is 0. The summed E-state index contributed by atoms with van der Waals surface area (Å²) in [5.41, 5.74) is 0.578. The molecular weight excluding hydrogens is 733 g/mol. The largest absolute Gasteiger partial charge is 0.457 e. The number of rotatable bonds is 23. The quantitative estimate of drug-likeness (QED) is 0.0336. The van der Waals surface area contributed by atoms with Gasteiger partial charge in [-0.15, -0.1) is 0 Å². The predicted molar refractivity (Wildman–Crippen MR) is 242 cm³/mol. The summed E-state index contributed by atoms with van der Waals surface area (Å²) in [6.45, 7) is 34.1. The van der Waals surface area contributed by atoms with Crippen LogP contribution in [-0.4, -0.2) is 67.0 Å². The first-order valence-electron chi connectivity index (χ1n) is 23.0. The second kappa shape index (κ2) is 23.7. The lowest BCUT2D eigenvalue weighted by Crippen LogP contribution is -2.46. The van der Waals surface area contributed by atoms with Gasteiger partial charge in [0.05, 0.1) is 30.3 Å². The summed E-state index contributed by atoms with van der Waals surface area (Å²) in [7, 11) is -5.54. The zero-order valence-corrected chi connectivity index (χ0v) is 41.6. The summed E-state index contributed by atoms with van der Waals surface area (Å²) in [6, 6.07) is 10.0. The topological polar surface area (TPSA) is 66.5 Å². The van der Waals surface area contributed by atoms with Crippen LogP contribution >= 0.6 is 0 Å². The molecule has 6 nitrogen and oxygen atoms in total. The summed E-state index contributed by atoms with van der Waals surface area (Å²) in [5, 5.41) is 0. The third-order valence-electron chi connectivity index (χ3n) is 14.1. The van der Waals surface area contributed by atoms with Crippen LogP contribution in [0, 0.1) is 17.8 Å². The van der Waals surface area contributed by atoms with Gasteiger partial charge >= 0.3 is 5.97 Å². The highest BCUT2D eigenvalue weighted by Gasteiger charge is 2.50. The zero-order chi connectivity index (χ0) is 41.5. The van der Waals surface area contributed by atoms with Crippen molar-refractivity contribution in [3.63, 3.8) is 0 Å². The minimum atomic E-state index is -1.95. The van der Waals surface area contributed by atoms with E-state index in [0.717, 1.165) is 73.9 Å². The number of carbonyl (C=O) groups is 1. The molecule has 0 radical (unpaired) electrons. The Morgan fingerprint density at radius 3 is 1.96 bits per heavy atom. The van der Waals surface area contributed by atoms with Crippen molar-refractivity contribution >= 4 is 30.9 Å². The van der Waals surface area contributed by atoms with Gasteiger partial charge in [0.1, 0.15) is 6.10 Å². The fraction of sp³-hybridized carbons (Fsp3) is 0.848. The van der Waals surface area contributed by atoms with Crippen molar-refractivity contribution in [1.29, 1.82) is 0 Å². The number of epoxide rings is 1. The highest BCUT2D eigenvalue weighted by Crippen LogP contribution is 2.42. The van der Waals surface area contributed by atoms with Crippen LogP contribution in [0.3, 0.4) is 0 Å². The number of carbonyl (C=O) groups excluding carboxylic acids is 1. The van der Waals surface area contributed by atoms with Crippen LogP contribution in [-0.2, 0) is 27.5 Å². The fourth-order valence-corrected chi connectivity index (χ4v) is 18.1. The summed E-state index contributed by atoms with van der Waals surface area (Å²) in [4.78, 5) is 13.7. The predicted octanol–water partition coefficient (Wildman–Crippen LogP) is 13.6. The molecule has 0 N–H and O–H groups in total. The van der Waals surface area contributed by atoms with Crippen molar-refractivity contribution in [2.75, 3.05) is 0 Å². The molecule has 1 saturated heterocycles. The molecule has 9 heteroatoms. The fourth-order valence-electron chi connectivity index (χ4n) is 9.14. The minimum absolute atomic E-state index is 0.0590. The van der Waals surface area contributed by atoms with E-state index >= 15 is 0 Å². The molecule has 0 bridgehead atoms. The highest BCUT2D eigenvalue weighted by molar-refractivity contribution is 6.74. The number of ether oxygens (including phenoxy) is 2. The SMILES string of the molecule is CCC(O[Si](CC)(CC)CC)C(C)C1OC1CC(C)(C=CC=C(C)C1OC(=O)CC(O[Si](CC)(CC)CC)CCC(C)CC=CC1C)O[Si](CC)(CC)CC. The Bertz CT molecular complexity index is 1180. The first kappa shape index (κ1) is 50.3. The standard InChI is InChI=1S/C46H88O6Si3/c1-16-41(51-54(20-5,21-6)22-7)39(14)45-42(48-45)35-46(15,52-55(23-8,24-9)25-10)33-27-30-38(13)44-37(12)29-26-28-36(11)31-32-40(34-43(47)49-44)50-53(17-2,18-3)19-4/h26-27,29-30,33,36-37,39-42,44-45H,16-25,28,31-32,34-35H2,1-15H3. The molecule has 320 valence electrons. The molecule has 2 heterocycles. The first-order valence-corrected chi connectivity index (χ1v) is 30.6. The number of allylic oxidation sites excluding steroid dienone is 3. The van der Waals surface area contributed by atoms with Crippen LogP contribution < -0.4 is 0 Å². The third kappa shape index (κ3) is 14.8. The molecule has 0 aliphatic carbocycles. The number of esters is 1. The lowest BCUT2D eigenvalue weighted by molar-refractivity contribution is -0.150. The van der Waals surface area contributed by atoms with Gasteiger partial charge in [0.25, 0.3) is 0 Å². The van der Waals surface area contributed by atoms with E-state index in [9.17, 15) is 4.79 Å². The number of hydrogen-bond acceptors (Lipinski definition) is 6. The Kier molecular flexibility index (Phi) is 21.7. The smallest absolute Gasteiger partial charge is 0.308 e. The molecule has 1 fully saturated rings. The molecule has 2 aliphatic rings. The number of cyclic esters (lactones) is 1. The molecule has 55 heavy (non-hydrogen) atoms. The Morgan fingerprint density at radius 1 is 0.873 bits per heavy atom. The van der Waals surface area contributed by atoms with E-state index in [1.165, 1.54) is 18.1 Å². The average molecular weight is 821 g/mol. The van der Waals surface area contributed by atoms with Crippen molar-refractivity contribution in [1.82, 2.24) is 0 Å². The monoisotopic (exact) mass is 821 g/mol. The van der Waals surface area contributed by atoms with Gasteiger partial charge in [0.15, 0.2) is 25.0 Å². The zero-order valence-electron chi connectivity index (χ0n) is 38.6. The maximum Gasteiger partial charge on any atom is 0.308 e. The molecule has 2 aliphatic heterocycles. The van der Waals surface area contributed by atoms with Crippen molar-refractivity contribution in [3.05, 3.63) is 36.0 Å². The lowest BCUT2D eigenvalue weighted by Gasteiger charge is -2.39. The van der Waals surface area contributed by atoms with E-state index in [1.54, 1.807) is 0 Å². The second-order valence-corrected chi connectivity index (χ2v) is 31.9. The lowest BCUT2D eigenvalue weighted by atomic mass is 9.91. The van der Waals surface area contributed by atoms with E-state index in [4.69, 9.17) is 22.8 Å². The van der Waals surface area contributed by atoms with E-state index in [-0.39, 0.29) is 42.4 Å². The van der Waals surface area contributed by atoms with Gasteiger partial charge in [-0.25, -0.2) is 0 Å². The Hall–Kier alpha value is -0.819. The second-order valence-electron chi connectivity index (χ2n) is 17.7. The van der Waals surface area contributed by atoms with E-state index < -0.39 is 30.6 Å². The molecule has 0 aromatic rings. The van der Waals surface area contributed by atoms with Gasteiger partial charge in [0.2, 0.25) is 0 Å². The first-order chi connectivity index (χ1) is 26.1. The molecule has 9 unspecified atom stereocenters. The molecule has 0 aromatic heterocycles. The van der Waals surface area contributed by atoms with Crippen LogP contribution in [0.1, 0.15) is 142 Å². The van der Waals surface area contributed by atoms with Crippen LogP contribution in [0.15, 0.2) is 36.0 Å². The maximum absolute atomic E-state index is 13.7. The Labute approximate surface area is 343 Å². The van der Waals surface area contributed by atoms with Crippen LogP contribution in [0.5, 0.6) is 0 Å². The van der Waals surface area contributed by atoms with Gasteiger partial charge < -0.3 is 22.8 Å². The van der Waals surface area contributed by atoms with Crippen LogP contribution in [0.2, 0.25) is 54.4 Å². The maximum atomic E-state index is 13.7. The molecule has 0 amide bonds. The highest BCUT2D eigenvalue weighted by atomic mass is 28.4. The van der Waals surface area contributed by atoms with Crippen LogP contribution in [0.4, 0.5) is 0 Å². The normalized spacial score (nSPS) is 27.3. The minimum Gasteiger partial charge on any atom is -0.457 e. The van der Waals surface area contributed by atoms with Crippen LogP contribution in [0.25, 0.3) is 0 Å². The van der Waals surface area contributed by atoms with Crippen molar-refractivity contribution in [2.45, 2.75) is 233 Å². The number of hydrogen-bond donors (Lipinski definition) is 0. The van der Waals surface area contributed by atoms with E-state index in [2.05, 4.69) is 134 Å². The van der Waals surface area contributed by atoms with Crippen molar-refractivity contribution < 1.29 is 27.5 Å². The van der Waals surface area contributed by atoms with Gasteiger partial charge in [0, 0.05) is 24.4 Å². The van der Waals surface area contributed by atoms with Crippen molar-refractivity contribution in [3.8, 4) is 0 Å². The summed E-state index contributed by atoms with van der Waals surface area (Å²) < 4.78 is 34.2. The van der Waals surface area contributed by atoms with Crippen molar-refractivity contribution in [2.24, 2.45) is 17.8 Å². The van der Waals surface area contributed by atoms with Gasteiger partial charge in [-0.2, -0.15) is 0 Å². The molecule has 0 aromatic carbocycles. The van der Waals surface area contributed by atoms with E-state index in [1.807, 2.05) is 0 Å². The van der Waals surface area contributed by atoms with Gasteiger partial charge in [-0.3, -0.25) is 4.79 Å². The Morgan fingerprint density at radius 2 is 1.44 bits per heavy atom. The van der Waals surface area contributed by atoms with Gasteiger partial charge in [-0.1, -0.05) is 120 Å². The molecule has 2 rings (SSSR count). The van der Waals surface area contributed by atoms with Gasteiger partial charge in [-0.05, 0) is 105 Å². The molecule has 9 atom stereocenters. The molecular formula is C46H88O6Si3. The molecule has 0 spiro atoms. The third-order valence-corrected chi connectivity index (χ3v) is 28.3. The average Bonchev–Trinajstić information content (AvgIpc) is 3.95. The Balaban J connectivity index is 2.38. The molecule has 0 saturated carbocycles. The summed E-state index contributed by atoms with van der Waals surface area (Å²) in [6.07, 6.45) is 16.4.